The van der Waals surface area contributed by atoms with E-state index >= 15 is 0 Å². The number of hydrogen-bond donors (Lipinski definition) is 5. The van der Waals surface area contributed by atoms with Crippen molar-refractivity contribution >= 4 is 35.0 Å². The number of hydrogen-bond acceptors (Lipinski definition) is 8. The lowest BCUT2D eigenvalue weighted by Crippen LogP contribution is -2.51. The average Bonchev–Trinajstić information content (AvgIpc) is 2.86. The fraction of sp³-hybridized carbons (Fsp3) is 0.375. The summed E-state index contributed by atoms with van der Waals surface area (Å²) in [5, 5.41) is 22.3. The number of rotatable bonds is 4. The normalized spacial score (nSPS) is 21.4. The lowest BCUT2D eigenvalue weighted by atomic mass is 10.0. The summed E-state index contributed by atoms with van der Waals surface area (Å²) in [4.78, 5) is 65.2. The number of primary amides is 1. The molecule has 2 unspecified atom stereocenters. The van der Waals surface area contributed by atoms with Crippen molar-refractivity contribution < 1.29 is 24.1 Å². The maximum atomic E-state index is 13.0. The van der Waals surface area contributed by atoms with Gasteiger partial charge in [0.1, 0.15) is 35.7 Å². The van der Waals surface area contributed by atoms with E-state index in [1.165, 1.54) is 6.92 Å². The van der Waals surface area contributed by atoms with Crippen molar-refractivity contribution in [2.75, 3.05) is 11.9 Å². The molecule has 0 aliphatic carbocycles. The molecule has 1 aliphatic heterocycles. The third-order valence-corrected chi connectivity index (χ3v) is 5.86. The van der Waals surface area contributed by atoms with Gasteiger partial charge in [0.25, 0.3) is 5.91 Å². The highest BCUT2D eigenvalue weighted by molar-refractivity contribution is 5.97. The van der Waals surface area contributed by atoms with E-state index in [1.807, 2.05) is 30.3 Å². The number of fused-ring (bicyclic) bond motifs is 2. The van der Waals surface area contributed by atoms with E-state index in [4.69, 9.17) is 5.73 Å². The molecular weight excluding hydrogens is 482 g/mol. The summed E-state index contributed by atoms with van der Waals surface area (Å²) in [6.45, 7) is 1.75. The standard InChI is InChI=1S/C24H29N7O6/c1-14-22(33)30-19(11-15-7-3-2-4-8-15)23(34)26-10-6-5-9-16(21(25)32)29-24(35)18-12-17(28-14)20(13-27-18)31(36)37/h2-4,7-8,12-14,16,19,28H,5-6,9-11H2,1H3,(H2,25,32)(H,26,34)(H,29,35)(H,30,33)/t14?,16-,19?/m0/s1. The predicted octanol–water partition coefficient (Wildman–Crippen LogP) is 0.402. The molecule has 0 saturated heterocycles. The molecule has 37 heavy (non-hydrogen) atoms. The van der Waals surface area contributed by atoms with Crippen molar-refractivity contribution in [1.82, 2.24) is 20.9 Å². The van der Waals surface area contributed by atoms with E-state index in [9.17, 15) is 29.3 Å². The van der Waals surface area contributed by atoms with Gasteiger partial charge in [-0.1, -0.05) is 30.3 Å². The zero-order chi connectivity index (χ0) is 26.9. The highest BCUT2D eigenvalue weighted by atomic mass is 16.6. The summed E-state index contributed by atoms with van der Waals surface area (Å²) in [6.07, 6.45) is 2.29. The Balaban J connectivity index is 1.92. The molecule has 0 saturated carbocycles. The molecule has 0 fully saturated rings. The second-order valence-corrected chi connectivity index (χ2v) is 8.68. The Bertz CT molecular complexity index is 1170. The molecule has 2 aromatic rings. The molecule has 2 bridgehead atoms. The summed E-state index contributed by atoms with van der Waals surface area (Å²) in [5.41, 5.74) is 5.48. The molecule has 0 radical (unpaired) electrons. The second-order valence-electron chi connectivity index (χ2n) is 8.68. The Labute approximate surface area is 212 Å². The predicted molar refractivity (Wildman–Crippen MR) is 133 cm³/mol. The van der Waals surface area contributed by atoms with Gasteiger partial charge in [-0.15, -0.1) is 0 Å². The van der Waals surface area contributed by atoms with Gasteiger partial charge in [-0.2, -0.15) is 0 Å². The molecule has 6 N–H and O–H groups in total. The molecule has 3 atom stereocenters. The van der Waals surface area contributed by atoms with E-state index in [0.29, 0.717) is 12.8 Å². The first-order valence-electron chi connectivity index (χ1n) is 11.8. The lowest BCUT2D eigenvalue weighted by molar-refractivity contribution is -0.384. The van der Waals surface area contributed by atoms with Crippen LogP contribution in [0.15, 0.2) is 42.6 Å². The Morgan fingerprint density at radius 1 is 1.11 bits per heavy atom. The van der Waals surface area contributed by atoms with Crippen LogP contribution in [0.4, 0.5) is 11.4 Å². The number of carbonyl (C=O) groups excluding carboxylic acids is 4. The molecule has 3 rings (SSSR count). The molecule has 1 aromatic carbocycles. The van der Waals surface area contributed by atoms with Crippen molar-refractivity contribution in [3.05, 3.63) is 64.0 Å². The lowest BCUT2D eigenvalue weighted by Gasteiger charge is -2.22. The van der Waals surface area contributed by atoms with Crippen LogP contribution in [0.1, 0.15) is 42.2 Å². The fourth-order valence-corrected chi connectivity index (χ4v) is 3.81. The molecule has 13 nitrogen and oxygen atoms in total. The number of benzene rings is 1. The minimum absolute atomic E-state index is 0.128. The van der Waals surface area contributed by atoms with Gasteiger partial charge < -0.3 is 27.0 Å². The maximum absolute atomic E-state index is 13.0. The zero-order valence-electron chi connectivity index (χ0n) is 20.2. The molecule has 13 heteroatoms. The van der Waals surface area contributed by atoms with Crippen LogP contribution in [0.5, 0.6) is 0 Å². The number of anilines is 1. The molecule has 4 amide bonds. The van der Waals surface area contributed by atoms with Crippen molar-refractivity contribution in [2.45, 2.75) is 50.7 Å². The Morgan fingerprint density at radius 2 is 1.84 bits per heavy atom. The van der Waals surface area contributed by atoms with E-state index in [2.05, 4.69) is 26.3 Å². The largest absolute Gasteiger partial charge is 0.368 e. The van der Waals surface area contributed by atoms with Crippen molar-refractivity contribution in [1.29, 1.82) is 0 Å². The van der Waals surface area contributed by atoms with Crippen LogP contribution in [-0.4, -0.2) is 58.2 Å². The first kappa shape index (κ1) is 27.0. The number of nitrogens with one attached hydrogen (secondary N) is 4. The van der Waals surface area contributed by atoms with Crippen LogP contribution in [0.25, 0.3) is 0 Å². The van der Waals surface area contributed by atoms with Gasteiger partial charge in [0.2, 0.25) is 17.7 Å². The summed E-state index contributed by atoms with van der Waals surface area (Å²) in [7, 11) is 0. The minimum atomic E-state index is -1.02. The van der Waals surface area contributed by atoms with Crippen LogP contribution in [0.2, 0.25) is 0 Å². The molecule has 1 aliphatic rings. The van der Waals surface area contributed by atoms with Crippen LogP contribution >= 0.6 is 0 Å². The van der Waals surface area contributed by atoms with Crippen LogP contribution in [-0.2, 0) is 20.8 Å². The third-order valence-electron chi connectivity index (χ3n) is 5.86. The number of carbonyl (C=O) groups is 4. The van der Waals surface area contributed by atoms with Gasteiger partial charge in [-0.05, 0) is 37.8 Å². The van der Waals surface area contributed by atoms with Gasteiger partial charge in [0, 0.05) is 13.0 Å². The highest BCUT2D eigenvalue weighted by Crippen LogP contribution is 2.25. The van der Waals surface area contributed by atoms with Gasteiger partial charge in [0.05, 0.1) is 4.92 Å². The first-order chi connectivity index (χ1) is 17.7. The third kappa shape index (κ3) is 7.46. The SMILES string of the molecule is CC1Nc2cc(ncc2[N+](=O)[O-])C(=O)N[C@H](C(N)=O)CCCCNC(=O)C(Cc2ccccc2)NC1=O. The Morgan fingerprint density at radius 3 is 2.51 bits per heavy atom. The maximum Gasteiger partial charge on any atom is 0.310 e. The summed E-state index contributed by atoms with van der Waals surface area (Å²) >= 11 is 0. The van der Waals surface area contributed by atoms with Crippen LogP contribution in [0.3, 0.4) is 0 Å². The minimum Gasteiger partial charge on any atom is -0.368 e. The second kappa shape index (κ2) is 12.4. The van der Waals surface area contributed by atoms with Crippen molar-refractivity contribution in [2.24, 2.45) is 5.73 Å². The number of nitrogens with zero attached hydrogens (tertiary/aromatic N) is 2. The van der Waals surface area contributed by atoms with Crippen LogP contribution in [0, 0.1) is 10.1 Å². The topological polar surface area (TPSA) is 198 Å². The van der Waals surface area contributed by atoms with E-state index in [-0.39, 0.29) is 30.8 Å². The summed E-state index contributed by atoms with van der Waals surface area (Å²) < 4.78 is 0. The van der Waals surface area contributed by atoms with Crippen molar-refractivity contribution in [3.8, 4) is 0 Å². The monoisotopic (exact) mass is 511 g/mol. The Hall–Kier alpha value is -4.55. The fourth-order valence-electron chi connectivity index (χ4n) is 3.81. The van der Waals surface area contributed by atoms with Gasteiger partial charge in [-0.25, -0.2) is 4.98 Å². The number of aromatic nitrogens is 1. The molecule has 2 heterocycles. The Kier molecular flexibility index (Phi) is 9.08. The average molecular weight is 512 g/mol. The van der Waals surface area contributed by atoms with E-state index in [0.717, 1.165) is 17.8 Å². The number of nitro groups is 1. The highest BCUT2D eigenvalue weighted by Gasteiger charge is 2.27. The van der Waals surface area contributed by atoms with Gasteiger partial charge >= 0.3 is 5.69 Å². The molecule has 196 valence electrons. The van der Waals surface area contributed by atoms with Crippen LogP contribution < -0.4 is 27.0 Å². The summed E-state index contributed by atoms with van der Waals surface area (Å²) in [6, 6.07) is 7.35. The van der Waals surface area contributed by atoms with Crippen molar-refractivity contribution in [3.63, 3.8) is 0 Å². The van der Waals surface area contributed by atoms with Gasteiger partial charge in [0.15, 0.2) is 0 Å². The molecule has 1 aromatic heterocycles. The number of pyridine rings is 1. The quantitative estimate of drug-likeness (QED) is 0.287. The number of nitrogens with two attached hydrogens (primary N) is 1. The first-order valence-corrected chi connectivity index (χ1v) is 11.8. The van der Waals surface area contributed by atoms with Gasteiger partial charge in [-0.3, -0.25) is 29.3 Å². The van der Waals surface area contributed by atoms with E-state index in [1.54, 1.807) is 0 Å². The smallest absolute Gasteiger partial charge is 0.310 e. The molecule has 0 spiro atoms. The number of amides is 4. The van der Waals surface area contributed by atoms with E-state index < -0.39 is 52.4 Å². The molecular formula is C24H29N7O6. The zero-order valence-corrected chi connectivity index (χ0v) is 20.2. The summed E-state index contributed by atoms with van der Waals surface area (Å²) in [5.74, 6) is -2.47.